The highest BCUT2D eigenvalue weighted by molar-refractivity contribution is 5.16. The minimum Gasteiger partial charge on any atom is -0.390 e. The van der Waals surface area contributed by atoms with E-state index >= 15 is 0 Å². The Morgan fingerprint density at radius 2 is 2.09 bits per heavy atom. The fourth-order valence-corrected chi connectivity index (χ4v) is 2.73. The van der Waals surface area contributed by atoms with Crippen LogP contribution in [-0.2, 0) is 18.9 Å². The molecule has 8 heteroatoms. The lowest BCUT2D eigenvalue weighted by atomic mass is 9.96. The quantitative estimate of drug-likeness (QED) is 0.517. The number of rotatable bonds is 3. The molecule has 22 heavy (non-hydrogen) atoms. The normalized spacial score (nSPS) is 37.9. The Hall–Kier alpha value is -1.67. The Labute approximate surface area is 127 Å². The molecule has 0 bridgehead atoms. The van der Waals surface area contributed by atoms with Gasteiger partial charge in [-0.15, -0.1) is 0 Å². The van der Waals surface area contributed by atoms with Crippen molar-refractivity contribution >= 4 is 0 Å². The van der Waals surface area contributed by atoms with Gasteiger partial charge in [0.1, 0.15) is 18.2 Å². The maximum Gasteiger partial charge on any atom is 0.184 e. The molecule has 0 radical (unpaired) electrons. The molecule has 2 aliphatic rings. The van der Waals surface area contributed by atoms with E-state index in [0.29, 0.717) is 0 Å². The van der Waals surface area contributed by atoms with Crippen LogP contribution >= 0.6 is 0 Å². The molecule has 2 aliphatic heterocycles. The number of fused-ring (bicyclic) bond motifs is 1. The van der Waals surface area contributed by atoms with Crippen LogP contribution in [0.3, 0.4) is 0 Å². The second kappa shape index (κ2) is 6.62. The summed E-state index contributed by atoms with van der Waals surface area (Å²) < 4.78 is 22.3. The smallest absolute Gasteiger partial charge is 0.184 e. The first-order valence-electron chi connectivity index (χ1n) is 6.97. The minimum absolute atomic E-state index is 0.254. The SMILES string of the molecule is CO[C@H]1O[C@H]2CO[C@H](c3ccccc3)O[C@@H]2[C@@H](O)[C@@H]1N=[N+]=[N-]. The lowest BCUT2D eigenvalue weighted by molar-refractivity contribution is -0.338. The molecular formula is C14H17N3O5. The van der Waals surface area contributed by atoms with Crippen LogP contribution in [0.5, 0.6) is 0 Å². The first-order valence-corrected chi connectivity index (χ1v) is 6.97. The van der Waals surface area contributed by atoms with E-state index in [4.69, 9.17) is 24.5 Å². The Morgan fingerprint density at radius 1 is 1.32 bits per heavy atom. The summed E-state index contributed by atoms with van der Waals surface area (Å²) in [5.41, 5.74) is 9.50. The van der Waals surface area contributed by atoms with Crippen LogP contribution in [0.15, 0.2) is 35.4 Å². The molecule has 1 aromatic rings. The van der Waals surface area contributed by atoms with Crippen molar-refractivity contribution in [2.75, 3.05) is 13.7 Å². The second-order valence-corrected chi connectivity index (χ2v) is 5.14. The highest BCUT2D eigenvalue weighted by atomic mass is 16.7. The molecule has 0 aromatic heterocycles. The Balaban J connectivity index is 1.79. The lowest BCUT2D eigenvalue weighted by Crippen LogP contribution is -2.61. The molecule has 8 nitrogen and oxygen atoms in total. The van der Waals surface area contributed by atoms with Gasteiger partial charge in [-0.3, -0.25) is 0 Å². The summed E-state index contributed by atoms with van der Waals surface area (Å²) in [6, 6.07) is 8.55. The van der Waals surface area contributed by atoms with Crippen LogP contribution in [0.1, 0.15) is 11.9 Å². The van der Waals surface area contributed by atoms with Crippen LogP contribution < -0.4 is 0 Å². The largest absolute Gasteiger partial charge is 0.390 e. The topological polar surface area (TPSA) is 106 Å². The molecule has 3 rings (SSSR count). The van der Waals surface area contributed by atoms with Crippen LogP contribution in [0.2, 0.25) is 0 Å². The minimum atomic E-state index is -1.03. The number of nitrogens with zero attached hydrogens (tertiary/aromatic N) is 3. The third-order valence-electron chi connectivity index (χ3n) is 3.82. The van der Waals surface area contributed by atoms with Crippen molar-refractivity contribution in [3.05, 3.63) is 46.3 Å². The maximum atomic E-state index is 10.5. The predicted octanol–water partition coefficient (Wildman–Crippen LogP) is 1.51. The summed E-state index contributed by atoms with van der Waals surface area (Å²) in [6.07, 6.45) is -3.58. The molecule has 0 unspecified atom stereocenters. The molecule has 1 aromatic carbocycles. The van der Waals surface area contributed by atoms with E-state index in [1.165, 1.54) is 7.11 Å². The summed E-state index contributed by atoms with van der Waals surface area (Å²) in [6.45, 7) is 0.254. The Kier molecular flexibility index (Phi) is 4.58. The van der Waals surface area contributed by atoms with Crippen LogP contribution in [-0.4, -0.2) is 49.5 Å². The van der Waals surface area contributed by atoms with Crippen molar-refractivity contribution in [1.29, 1.82) is 0 Å². The van der Waals surface area contributed by atoms with Gasteiger partial charge in [-0.2, -0.15) is 0 Å². The number of azide groups is 1. The van der Waals surface area contributed by atoms with E-state index in [2.05, 4.69) is 10.0 Å². The number of methoxy groups -OCH3 is 1. The Bertz CT molecular complexity index is 551. The average Bonchev–Trinajstić information content (AvgIpc) is 2.58. The third-order valence-corrected chi connectivity index (χ3v) is 3.82. The second-order valence-electron chi connectivity index (χ2n) is 5.14. The van der Waals surface area contributed by atoms with Crippen molar-refractivity contribution in [2.24, 2.45) is 5.11 Å². The zero-order valence-corrected chi connectivity index (χ0v) is 12.0. The molecule has 0 amide bonds. The fraction of sp³-hybridized carbons (Fsp3) is 0.571. The van der Waals surface area contributed by atoms with Gasteiger partial charge in [-0.25, -0.2) is 0 Å². The highest BCUT2D eigenvalue weighted by Gasteiger charge is 2.49. The van der Waals surface area contributed by atoms with Gasteiger partial charge in [0.25, 0.3) is 0 Å². The van der Waals surface area contributed by atoms with Crippen LogP contribution in [0.4, 0.5) is 0 Å². The van der Waals surface area contributed by atoms with E-state index in [0.717, 1.165) is 5.56 Å². The summed E-state index contributed by atoms with van der Waals surface area (Å²) >= 11 is 0. The van der Waals surface area contributed by atoms with Crippen LogP contribution in [0.25, 0.3) is 10.4 Å². The number of hydrogen-bond donors (Lipinski definition) is 1. The molecule has 6 atom stereocenters. The summed E-state index contributed by atoms with van der Waals surface area (Å²) in [5, 5.41) is 14.0. The predicted molar refractivity (Wildman–Crippen MR) is 74.6 cm³/mol. The molecular weight excluding hydrogens is 290 g/mol. The summed E-state index contributed by atoms with van der Waals surface area (Å²) in [7, 11) is 1.43. The first kappa shape index (κ1) is 15.2. The van der Waals surface area contributed by atoms with Gasteiger partial charge < -0.3 is 24.1 Å². The fourth-order valence-electron chi connectivity index (χ4n) is 2.73. The lowest BCUT2D eigenvalue weighted by Gasteiger charge is -2.46. The van der Waals surface area contributed by atoms with Gasteiger partial charge in [-0.1, -0.05) is 35.4 Å². The van der Waals surface area contributed by atoms with Gasteiger partial charge in [0.2, 0.25) is 0 Å². The first-order chi connectivity index (χ1) is 10.7. The van der Waals surface area contributed by atoms with Crippen molar-refractivity contribution in [3.8, 4) is 0 Å². The number of ether oxygens (including phenoxy) is 4. The van der Waals surface area contributed by atoms with Gasteiger partial charge in [0.05, 0.1) is 12.7 Å². The molecule has 2 fully saturated rings. The molecule has 0 aliphatic carbocycles. The number of aliphatic hydroxyl groups is 1. The molecule has 2 saturated heterocycles. The standard InChI is InChI=1S/C14H17N3O5/c1-19-14-10(16-17-15)11(18)12-9(21-14)7-20-13(22-12)8-5-3-2-4-6-8/h2-6,9-14,18H,7H2,1H3/t9-,10-,11-,12-,13-,14-/m0/s1. The van der Waals surface area contributed by atoms with Gasteiger partial charge in [-0.05, 0) is 5.53 Å². The average molecular weight is 307 g/mol. The molecule has 118 valence electrons. The van der Waals surface area contributed by atoms with E-state index in [1.807, 2.05) is 30.3 Å². The van der Waals surface area contributed by atoms with E-state index < -0.39 is 36.9 Å². The summed E-state index contributed by atoms with van der Waals surface area (Å²) in [4.78, 5) is 2.74. The van der Waals surface area contributed by atoms with Crippen molar-refractivity contribution in [2.45, 2.75) is 36.9 Å². The highest BCUT2D eigenvalue weighted by Crippen LogP contribution is 2.35. The Morgan fingerprint density at radius 3 is 2.77 bits per heavy atom. The molecule has 0 saturated carbocycles. The van der Waals surface area contributed by atoms with Crippen LogP contribution in [0, 0.1) is 0 Å². The third kappa shape index (κ3) is 2.80. The maximum absolute atomic E-state index is 10.5. The zero-order chi connectivity index (χ0) is 15.5. The monoisotopic (exact) mass is 307 g/mol. The van der Waals surface area contributed by atoms with Crippen molar-refractivity contribution < 1.29 is 24.1 Å². The number of benzene rings is 1. The molecule has 0 spiro atoms. The van der Waals surface area contributed by atoms with Crippen molar-refractivity contribution in [1.82, 2.24) is 0 Å². The summed E-state index contributed by atoms with van der Waals surface area (Å²) in [5.74, 6) is 0. The van der Waals surface area contributed by atoms with E-state index in [-0.39, 0.29) is 6.61 Å². The number of aliphatic hydroxyl groups excluding tert-OH is 1. The zero-order valence-electron chi connectivity index (χ0n) is 12.0. The van der Waals surface area contributed by atoms with Gasteiger partial charge >= 0.3 is 0 Å². The van der Waals surface area contributed by atoms with E-state index in [1.54, 1.807) is 0 Å². The van der Waals surface area contributed by atoms with Gasteiger partial charge in [0, 0.05) is 17.6 Å². The van der Waals surface area contributed by atoms with Crippen molar-refractivity contribution in [3.63, 3.8) is 0 Å². The van der Waals surface area contributed by atoms with E-state index in [9.17, 15) is 5.11 Å². The number of hydrogen-bond acceptors (Lipinski definition) is 6. The molecule has 2 heterocycles. The molecule has 1 N–H and O–H groups in total. The van der Waals surface area contributed by atoms with Gasteiger partial charge in [0.15, 0.2) is 12.6 Å².